The van der Waals surface area contributed by atoms with Crippen molar-refractivity contribution in [3.8, 4) is 11.1 Å². The van der Waals surface area contributed by atoms with Gasteiger partial charge in [0.1, 0.15) is 0 Å². The van der Waals surface area contributed by atoms with Crippen LogP contribution >= 0.6 is 0 Å². The van der Waals surface area contributed by atoms with E-state index in [2.05, 4.69) is 77.8 Å². The first-order chi connectivity index (χ1) is 10.4. The fraction of sp³-hybridized carbons (Fsp3) is 0.200. The summed E-state index contributed by atoms with van der Waals surface area (Å²) in [4.78, 5) is 0. The highest BCUT2D eigenvalue weighted by molar-refractivity contribution is 5.75. The topological polar surface area (TPSA) is 4.41 Å². The van der Waals surface area contributed by atoms with Crippen molar-refractivity contribution in [2.24, 2.45) is 5.92 Å². The Labute approximate surface area is 125 Å². The Bertz CT molecular complexity index is 778. The van der Waals surface area contributed by atoms with Crippen molar-refractivity contribution >= 4 is 5.52 Å². The van der Waals surface area contributed by atoms with Gasteiger partial charge in [0.15, 0.2) is 0 Å². The largest absolute Gasteiger partial charge is 0.320 e. The summed E-state index contributed by atoms with van der Waals surface area (Å²) >= 11 is 0. The van der Waals surface area contributed by atoms with E-state index in [9.17, 15) is 0 Å². The molecule has 1 nitrogen and oxygen atoms in total. The van der Waals surface area contributed by atoms with Crippen LogP contribution < -0.4 is 0 Å². The zero-order chi connectivity index (χ0) is 14.2. The average molecular weight is 273 g/mol. The third kappa shape index (κ3) is 2.09. The van der Waals surface area contributed by atoms with Crippen LogP contribution in [0.3, 0.4) is 0 Å². The van der Waals surface area contributed by atoms with Gasteiger partial charge in [0, 0.05) is 28.9 Å². The molecule has 0 radical (unpaired) electrons. The van der Waals surface area contributed by atoms with Gasteiger partial charge >= 0.3 is 0 Å². The van der Waals surface area contributed by atoms with Gasteiger partial charge in [0.05, 0.1) is 0 Å². The van der Waals surface area contributed by atoms with Crippen LogP contribution in [0.2, 0.25) is 0 Å². The Morgan fingerprint density at radius 3 is 2.52 bits per heavy atom. The van der Waals surface area contributed by atoms with Gasteiger partial charge in [-0.1, -0.05) is 42.5 Å². The van der Waals surface area contributed by atoms with Crippen LogP contribution in [0.4, 0.5) is 0 Å². The molecule has 0 saturated heterocycles. The maximum Gasteiger partial charge on any atom is 0.0459 e. The molecule has 1 aliphatic rings. The number of fused-ring (bicyclic) bond motifs is 1. The van der Waals surface area contributed by atoms with Gasteiger partial charge in [-0.05, 0) is 42.5 Å². The zero-order valence-electron chi connectivity index (χ0n) is 12.1. The second kappa shape index (κ2) is 4.92. The van der Waals surface area contributed by atoms with Crippen LogP contribution in [0.1, 0.15) is 24.5 Å². The fourth-order valence-electron chi connectivity index (χ4n) is 3.32. The van der Waals surface area contributed by atoms with E-state index in [1.165, 1.54) is 35.2 Å². The molecule has 21 heavy (non-hydrogen) atoms. The molecule has 1 fully saturated rings. The second-order valence-electron chi connectivity index (χ2n) is 5.90. The summed E-state index contributed by atoms with van der Waals surface area (Å²) < 4.78 is 2.34. The molecule has 2 heterocycles. The molecule has 0 spiro atoms. The molecular weight excluding hydrogens is 254 g/mol. The predicted molar refractivity (Wildman–Crippen MR) is 88.5 cm³/mol. The molecule has 0 unspecified atom stereocenters. The molecular formula is C20H19N. The van der Waals surface area contributed by atoms with E-state index in [4.69, 9.17) is 0 Å². The van der Waals surface area contributed by atoms with Gasteiger partial charge in [0.2, 0.25) is 0 Å². The van der Waals surface area contributed by atoms with E-state index in [1.807, 2.05) is 0 Å². The average Bonchev–Trinajstić information content (AvgIpc) is 3.30. The Morgan fingerprint density at radius 2 is 1.81 bits per heavy atom. The first-order valence-electron chi connectivity index (χ1n) is 7.66. The molecule has 1 atom stereocenters. The normalized spacial score (nSPS) is 16.0. The summed E-state index contributed by atoms with van der Waals surface area (Å²) in [6.07, 6.45) is 6.96. The van der Waals surface area contributed by atoms with Crippen molar-refractivity contribution in [3.05, 3.63) is 79.1 Å². The van der Waals surface area contributed by atoms with Crippen LogP contribution in [0, 0.1) is 5.92 Å². The highest BCUT2D eigenvalue weighted by atomic mass is 14.9. The summed E-state index contributed by atoms with van der Waals surface area (Å²) in [5.41, 5.74) is 5.30. The van der Waals surface area contributed by atoms with Crippen molar-refractivity contribution in [1.29, 1.82) is 0 Å². The minimum absolute atomic E-state index is 0.449. The number of aromatic nitrogens is 1. The first kappa shape index (κ1) is 12.5. The lowest BCUT2D eigenvalue weighted by molar-refractivity contribution is 0.701. The van der Waals surface area contributed by atoms with Crippen LogP contribution in [-0.2, 0) is 0 Å². The number of benzene rings is 1. The standard InChI is InChI=1S/C20H19N/c1-2-18(16-11-12-16)20-19(15-8-4-3-5-9-15)14-17-10-6-7-13-21(17)20/h2-10,13-14,16,18H,1,11-12H2/t18-/m0/s1. The molecule has 104 valence electrons. The number of pyridine rings is 1. The summed E-state index contributed by atoms with van der Waals surface area (Å²) in [5.74, 6) is 1.22. The maximum atomic E-state index is 4.11. The molecule has 0 bridgehead atoms. The van der Waals surface area contributed by atoms with Crippen LogP contribution in [0.25, 0.3) is 16.6 Å². The van der Waals surface area contributed by atoms with Gasteiger partial charge in [0.25, 0.3) is 0 Å². The Kier molecular flexibility index (Phi) is 2.92. The summed E-state index contributed by atoms with van der Waals surface area (Å²) in [7, 11) is 0. The molecule has 1 heteroatoms. The smallest absolute Gasteiger partial charge is 0.0459 e. The van der Waals surface area contributed by atoms with E-state index in [0.29, 0.717) is 5.92 Å². The third-order valence-corrected chi connectivity index (χ3v) is 4.50. The fourth-order valence-corrected chi connectivity index (χ4v) is 3.32. The molecule has 2 aromatic heterocycles. The van der Waals surface area contributed by atoms with E-state index < -0.39 is 0 Å². The number of allylic oxidation sites excluding steroid dienone is 1. The lowest BCUT2D eigenvalue weighted by Crippen LogP contribution is -2.03. The maximum absolute atomic E-state index is 4.11. The van der Waals surface area contributed by atoms with E-state index in [1.54, 1.807) is 0 Å². The Hall–Kier alpha value is -2.28. The molecule has 1 aromatic carbocycles. The second-order valence-corrected chi connectivity index (χ2v) is 5.90. The van der Waals surface area contributed by atoms with Crippen LogP contribution in [0.15, 0.2) is 73.4 Å². The van der Waals surface area contributed by atoms with E-state index >= 15 is 0 Å². The van der Waals surface area contributed by atoms with Crippen molar-refractivity contribution < 1.29 is 0 Å². The molecule has 1 saturated carbocycles. The first-order valence-corrected chi connectivity index (χ1v) is 7.66. The molecule has 4 rings (SSSR count). The quantitative estimate of drug-likeness (QED) is 0.569. The zero-order valence-corrected chi connectivity index (χ0v) is 12.1. The highest BCUT2D eigenvalue weighted by Gasteiger charge is 2.33. The number of rotatable bonds is 4. The van der Waals surface area contributed by atoms with Gasteiger partial charge < -0.3 is 4.40 Å². The molecule has 3 aromatic rings. The summed E-state index contributed by atoms with van der Waals surface area (Å²) in [6, 6.07) is 19.4. The van der Waals surface area contributed by atoms with Crippen molar-refractivity contribution in [2.45, 2.75) is 18.8 Å². The van der Waals surface area contributed by atoms with E-state index in [-0.39, 0.29) is 0 Å². The molecule has 0 aliphatic heterocycles. The summed E-state index contributed by atoms with van der Waals surface area (Å²) in [6.45, 7) is 4.11. The van der Waals surface area contributed by atoms with Gasteiger partial charge in [-0.3, -0.25) is 0 Å². The third-order valence-electron chi connectivity index (χ3n) is 4.50. The summed E-state index contributed by atoms with van der Waals surface area (Å²) in [5, 5.41) is 0. The minimum atomic E-state index is 0.449. The van der Waals surface area contributed by atoms with Crippen molar-refractivity contribution in [2.75, 3.05) is 0 Å². The molecule has 0 amide bonds. The number of hydrogen-bond acceptors (Lipinski definition) is 0. The highest BCUT2D eigenvalue weighted by Crippen LogP contribution is 2.46. The Balaban J connectivity index is 1.99. The van der Waals surface area contributed by atoms with Gasteiger partial charge in [-0.25, -0.2) is 0 Å². The van der Waals surface area contributed by atoms with Crippen molar-refractivity contribution in [1.82, 2.24) is 4.40 Å². The monoisotopic (exact) mass is 273 g/mol. The van der Waals surface area contributed by atoms with Crippen LogP contribution in [0.5, 0.6) is 0 Å². The lowest BCUT2D eigenvalue weighted by Gasteiger charge is -2.15. The van der Waals surface area contributed by atoms with Gasteiger partial charge in [-0.15, -0.1) is 6.58 Å². The lowest BCUT2D eigenvalue weighted by atomic mass is 9.93. The minimum Gasteiger partial charge on any atom is -0.320 e. The van der Waals surface area contributed by atoms with Crippen molar-refractivity contribution in [3.63, 3.8) is 0 Å². The molecule has 0 N–H and O–H groups in total. The predicted octanol–water partition coefficient (Wildman–Crippen LogP) is 5.29. The molecule has 1 aliphatic carbocycles. The van der Waals surface area contributed by atoms with Crippen LogP contribution in [-0.4, -0.2) is 4.40 Å². The number of hydrogen-bond donors (Lipinski definition) is 0. The Morgan fingerprint density at radius 1 is 1.05 bits per heavy atom. The van der Waals surface area contributed by atoms with Gasteiger partial charge in [-0.2, -0.15) is 0 Å². The number of nitrogens with zero attached hydrogens (tertiary/aromatic N) is 1. The van der Waals surface area contributed by atoms with E-state index in [0.717, 1.165) is 5.92 Å². The SMILES string of the molecule is C=C[C@H](c1c(-c2ccccc2)cc2ccccn12)C1CC1.